The largest absolute Gasteiger partial charge is 0.368 e. The Hall–Kier alpha value is -3.22. The molecular formula is C27H27N3O2S. The van der Waals surface area contributed by atoms with Crippen LogP contribution in [0.4, 0.5) is 5.69 Å². The van der Waals surface area contributed by atoms with Crippen LogP contribution < -0.4 is 4.90 Å². The van der Waals surface area contributed by atoms with E-state index in [2.05, 4.69) is 34.1 Å². The molecular weight excluding hydrogens is 430 g/mol. The van der Waals surface area contributed by atoms with Crippen molar-refractivity contribution in [2.75, 3.05) is 37.6 Å². The maximum Gasteiger partial charge on any atom is 0.264 e. The van der Waals surface area contributed by atoms with Crippen molar-refractivity contribution in [1.29, 1.82) is 0 Å². The molecule has 5 rings (SSSR count). The molecule has 0 saturated carbocycles. The average Bonchev–Trinajstić information content (AvgIpc) is 3.47. The van der Waals surface area contributed by atoms with Gasteiger partial charge in [0.15, 0.2) is 0 Å². The van der Waals surface area contributed by atoms with Gasteiger partial charge in [-0.2, -0.15) is 0 Å². The molecule has 2 aliphatic rings. The maximum atomic E-state index is 13.4. The summed E-state index contributed by atoms with van der Waals surface area (Å²) >= 11 is 1.57. The van der Waals surface area contributed by atoms with E-state index in [0.29, 0.717) is 11.1 Å². The molecule has 2 amide bonds. The number of imide groups is 1. The van der Waals surface area contributed by atoms with Crippen LogP contribution in [0.25, 0.3) is 6.08 Å². The number of anilines is 1. The van der Waals surface area contributed by atoms with Crippen LogP contribution in [0.2, 0.25) is 0 Å². The highest BCUT2D eigenvalue weighted by atomic mass is 32.1. The summed E-state index contributed by atoms with van der Waals surface area (Å²) in [6.45, 7) is 6.32. The Bertz CT molecular complexity index is 1170. The summed E-state index contributed by atoms with van der Waals surface area (Å²) < 4.78 is 0. The summed E-state index contributed by atoms with van der Waals surface area (Å²) in [5.74, 6) is -0.373. The van der Waals surface area contributed by atoms with E-state index in [1.165, 1.54) is 10.5 Å². The van der Waals surface area contributed by atoms with Crippen LogP contribution >= 0.6 is 11.3 Å². The molecule has 0 N–H and O–H groups in total. The molecule has 0 bridgehead atoms. The summed E-state index contributed by atoms with van der Waals surface area (Å²) in [4.78, 5) is 33.7. The quantitative estimate of drug-likeness (QED) is 0.492. The predicted molar refractivity (Wildman–Crippen MR) is 134 cm³/mol. The fraction of sp³-hybridized carbons (Fsp3) is 0.259. The summed E-state index contributed by atoms with van der Waals surface area (Å²) in [6, 6.07) is 19.6. The molecule has 1 atom stereocenters. The zero-order valence-electron chi connectivity index (χ0n) is 18.7. The Morgan fingerprint density at radius 2 is 1.70 bits per heavy atom. The Morgan fingerprint density at radius 3 is 2.42 bits per heavy atom. The van der Waals surface area contributed by atoms with Crippen LogP contribution in [-0.2, 0) is 0 Å². The van der Waals surface area contributed by atoms with Gasteiger partial charge in [-0.05, 0) is 36.1 Å². The molecule has 0 aliphatic carbocycles. The molecule has 3 heterocycles. The second kappa shape index (κ2) is 9.33. The molecule has 5 nitrogen and oxygen atoms in total. The molecule has 2 aromatic carbocycles. The predicted octanol–water partition coefficient (Wildman–Crippen LogP) is 4.94. The van der Waals surface area contributed by atoms with Gasteiger partial charge < -0.3 is 4.90 Å². The third kappa shape index (κ3) is 4.24. The Balaban J connectivity index is 1.28. The highest BCUT2D eigenvalue weighted by molar-refractivity contribution is 7.10. The molecule has 1 unspecified atom stereocenters. The van der Waals surface area contributed by atoms with E-state index in [9.17, 15) is 9.59 Å². The van der Waals surface area contributed by atoms with Gasteiger partial charge >= 0.3 is 0 Å². The molecule has 2 aliphatic heterocycles. The summed E-state index contributed by atoms with van der Waals surface area (Å²) in [7, 11) is 0. The van der Waals surface area contributed by atoms with Gasteiger partial charge in [-0.3, -0.25) is 19.4 Å². The van der Waals surface area contributed by atoms with E-state index >= 15 is 0 Å². The van der Waals surface area contributed by atoms with Crippen LogP contribution in [0.15, 0.2) is 72.1 Å². The summed E-state index contributed by atoms with van der Waals surface area (Å²) in [6.07, 6.45) is 4.36. The molecule has 3 aromatic rings. The number of carbonyl (C=O) groups excluding carboxylic acids is 2. The lowest BCUT2D eigenvalue weighted by Gasteiger charge is -2.36. The minimum absolute atomic E-state index is 0.181. The van der Waals surface area contributed by atoms with Crippen LogP contribution in [-0.4, -0.2) is 54.3 Å². The lowest BCUT2D eigenvalue weighted by molar-refractivity contribution is 0.0598. The fourth-order valence-electron chi connectivity index (χ4n) is 4.63. The van der Waals surface area contributed by atoms with Crippen molar-refractivity contribution < 1.29 is 9.59 Å². The van der Waals surface area contributed by atoms with Crippen molar-refractivity contribution in [3.8, 4) is 0 Å². The van der Waals surface area contributed by atoms with E-state index in [1.807, 2.05) is 54.8 Å². The molecule has 33 heavy (non-hydrogen) atoms. The lowest BCUT2D eigenvalue weighted by Crippen LogP contribution is -2.46. The van der Waals surface area contributed by atoms with E-state index in [0.717, 1.165) is 43.3 Å². The number of carbonyl (C=O) groups is 2. The van der Waals surface area contributed by atoms with Crippen LogP contribution in [0.3, 0.4) is 0 Å². The van der Waals surface area contributed by atoms with E-state index in [4.69, 9.17) is 0 Å². The minimum atomic E-state index is -0.265. The molecule has 0 radical (unpaired) electrons. The number of hydrogen-bond donors (Lipinski definition) is 0. The van der Waals surface area contributed by atoms with Crippen LogP contribution in [0, 0.1) is 0 Å². The van der Waals surface area contributed by atoms with Crippen molar-refractivity contribution in [3.05, 3.63) is 93.7 Å². The summed E-state index contributed by atoms with van der Waals surface area (Å²) in [5, 5.41) is 1.98. The Morgan fingerprint density at radius 1 is 0.909 bits per heavy atom. The number of nitrogens with zero attached hydrogens (tertiary/aromatic N) is 3. The van der Waals surface area contributed by atoms with Crippen LogP contribution in [0.5, 0.6) is 0 Å². The third-order valence-electron chi connectivity index (χ3n) is 6.45. The molecule has 1 saturated heterocycles. The zero-order valence-corrected chi connectivity index (χ0v) is 19.5. The van der Waals surface area contributed by atoms with Gasteiger partial charge in [0, 0.05) is 37.6 Å². The van der Waals surface area contributed by atoms with Gasteiger partial charge in [0.05, 0.1) is 22.9 Å². The second-order valence-corrected chi connectivity index (χ2v) is 9.45. The first-order chi connectivity index (χ1) is 16.1. The Kier molecular flexibility index (Phi) is 6.11. The number of thiophene rings is 1. The monoisotopic (exact) mass is 457 g/mol. The Labute approximate surface area is 198 Å². The molecule has 0 spiro atoms. The van der Waals surface area contributed by atoms with Crippen molar-refractivity contribution in [3.63, 3.8) is 0 Å². The number of benzene rings is 2. The molecule has 1 aromatic heterocycles. The normalized spacial score (nSPS) is 17.7. The van der Waals surface area contributed by atoms with Crippen molar-refractivity contribution in [1.82, 2.24) is 9.80 Å². The maximum absolute atomic E-state index is 13.4. The molecule has 1 fully saturated rings. The van der Waals surface area contributed by atoms with Gasteiger partial charge in [-0.15, -0.1) is 11.3 Å². The van der Waals surface area contributed by atoms with Gasteiger partial charge in [-0.1, -0.05) is 54.6 Å². The zero-order chi connectivity index (χ0) is 22.8. The van der Waals surface area contributed by atoms with Crippen molar-refractivity contribution in [2.24, 2.45) is 0 Å². The minimum Gasteiger partial charge on any atom is -0.368 e. The van der Waals surface area contributed by atoms with E-state index in [1.54, 1.807) is 17.4 Å². The van der Waals surface area contributed by atoms with Gasteiger partial charge in [0.25, 0.3) is 11.8 Å². The average molecular weight is 458 g/mol. The van der Waals surface area contributed by atoms with Gasteiger partial charge in [0.2, 0.25) is 0 Å². The van der Waals surface area contributed by atoms with Crippen molar-refractivity contribution >= 4 is 34.9 Å². The number of piperazine rings is 1. The smallest absolute Gasteiger partial charge is 0.264 e. The first-order valence-electron chi connectivity index (χ1n) is 11.4. The third-order valence-corrected chi connectivity index (χ3v) is 7.50. The number of fused-ring (bicyclic) bond motifs is 1. The highest BCUT2D eigenvalue weighted by Gasteiger charge is 2.41. The first-order valence-corrected chi connectivity index (χ1v) is 12.2. The van der Waals surface area contributed by atoms with Gasteiger partial charge in [0.1, 0.15) is 0 Å². The van der Waals surface area contributed by atoms with Crippen LogP contribution in [0.1, 0.15) is 44.1 Å². The first kappa shape index (κ1) is 21.6. The number of hydrogen-bond acceptors (Lipinski definition) is 5. The molecule has 168 valence electrons. The van der Waals surface area contributed by atoms with E-state index in [-0.39, 0.29) is 17.9 Å². The number of rotatable bonds is 6. The summed E-state index contributed by atoms with van der Waals surface area (Å²) in [5.41, 5.74) is 3.17. The number of amides is 2. The topological polar surface area (TPSA) is 43.9 Å². The van der Waals surface area contributed by atoms with Gasteiger partial charge in [-0.25, -0.2) is 0 Å². The lowest BCUT2D eigenvalue weighted by atomic mass is 10.1. The standard InChI is InChI=1S/C27H27N3O2S/c1-20(24-13-7-19-33-24)30-26(31)22-11-5-12-23(25(22)27(30)32)29-17-15-28(16-18-29)14-6-10-21-8-3-2-4-9-21/h2-13,19-20H,14-18H2,1H3/b10-6+. The second-order valence-electron chi connectivity index (χ2n) is 8.47. The molecule has 6 heteroatoms. The van der Waals surface area contributed by atoms with Crippen molar-refractivity contribution in [2.45, 2.75) is 13.0 Å². The SMILES string of the molecule is CC(c1cccs1)N1C(=O)c2cccc(N3CCN(C/C=C/c4ccccc4)CC3)c2C1=O. The highest BCUT2D eigenvalue weighted by Crippen LogP contribution is 2.37. The fourth-order valence-corrected chi connectivity index (χ4v) is 5.40. The van der Waals surface area contributed by atoms with E-state index < -0.39 is 0 Å².